The van der Waals surface area contributed by atoms with Gasteiger partial charge in [-0.2, -0.15) is 0 Å². The lowest BCUT2D eigenvalue weighted by Crippen LogP contribution is -2.51. The standard InChI is InChI=1S/C14H29N3/c1-13-4-3-5-14(10-13,11-15)12-17-8-6-16(2)7-9-17/h13H,3-12,15H2,1-2H3. The van der Waals surface area contributed by atoms with Crippen LogP contribution in [0.2, 0.25) is 0 Å². The maximum Gasteiger partial charge on any atom is 0.0110 e. The van der Waals surface area contributed by atoms with E-state index in [9.17, 15) is 0 Å². The Hall–Kier alpha value is -0.120. The third-order valence-electron chi connectivity index (χ3n) is 4.77. The molecule has 2 unspecified atom stereocenters. The summed E-state index contributed by atoms with van der Waals surface area (Å²) in [5.74, 6) is 0.875. The van der Waals surface area contributed by atoms with Crippen molar-refractivity contribution in [2.24, 2.45) is 17.1 Å². The minimum atomic E-state index is 0.424. The zero-order valence-corrected chi connectivity index (χ0v) is 11.6. The Morgan fingerprint density at radius 1 is 1.24 bits per heavy atom. The monoisotopic (exact) mass is 239 g/mol. The quantitative estimate of drug-likeness (QED) is 0.808. The molecule has 2 aliphatic rings. The van der Waals surface area contributed by atoms with Crippen LogP contribution < -0.4 is 5.73 Å². The van der Waals surface area contributed by atoms with Gasteiger partial charge in [0.1, 0.15) is 0 Å². The number of likely N-dealkylation sites (N-methyl/N-ethyl adjacent to an activating group) is 1. The highest BCUT2D eigenvalue weighted by Crippen LogP contribution is 2.39. The van der Waals surface area contributed by atoms with Gasteiger partial charge in [0.25, 0.3) is 0 Å². The van der Waals surface area contributed by atoms with Crippen molar-refractivity contribution < 1.29 is 0 Å². The first-order valence-corrected chi connectivity index (χ1v) is 7.24. The third-order valence-corrected chi connectivity index (χ3v) is 4.77. The van der Waals surface area contributed by atoms with Gasteiger partial charge < -0.3 is 15.5 Å². The highest BCUT2D eigenvalue weighted by atomic mass is 15.2. The maximum absolute atomic E-state index is 6.11. The molecule has 1 saturated heterocycles. The van der Waals surface area contributed by atoms with E-state index >= 15 is 0 Å². The fourth-order valence-corrected chi connectivity index (χ4v) is 3.64. The van der Waals surface area contributed by atoms with Crippen molar-refractivity contribution in [3.8, 4) is 0 Å². The van der Waals surface area contributed by atoms with E-state index in [0.29, 0.717) is 5.41 Å². The van der Waals surface area contributed by atoms with Crippen molar-refractivity contribution >= 4 is 0 Å². The minimum absolute atomic E-state index is 0.424. The first kappa shape index (κ1) is 13.3. The molecule has 1 aliphatic heterocycles. The first-order valence-electron chi connectivity index (χ1n) is 7.24. The summed E-state index contributed by atoms with van der Waals surface area (Å²) in [4.78, 5) is 5.07. The lowest BCUT2D eigenvalue weighted by Gasteiger charge is -2.44. The molecule has 1 heterocycles. The molecule has 0 aromatic carbocycles. The van der Waals surface area contributed by atoms with Gasteiger partial charge in [-0.05, 0) is 37.8 Å². The number of nitrogens with zero attached hydrogens (tertiary/aromatic N) is 2. The van der Waals surface area contributed by atoms with Crippen molar-refractivity contribution in [1.29, 1.82) is 0 Å². The van der Waals surface area contributed by atoms with Crippen LogP contribution in [0.25, 0.3) is 0 Å². The zero-order chi connectivity index (χ0) is 12.3. The molecule has 0 radical (unpaired) electrons. The Labute approximate surface area is 106 Å². The van der Waals surface area contributed by atoms with Crippen LogP contribution in [0.4, 0.5) is 0 Å². The van der Waals surface area contributed by atoms with Crippen LogP contribution >= 0.6 is 0 Å². The van der Waals surface area contributed by atoms with Crippen LogP contribution in [0.15, 0.2) is 0 Å². The van der Waals surface area contributed by atoms with Crippen molar-refractivity contribution in [1.82, 2.24) is 9.80 Å². The smallest absolute Gasteiger partial charge is 0.0110 e. The molecule has 2 fully saturated rings. The molecule has 0 aromatic rings. The molecule has 3 nitrogen and oxygen atoms in total. The molecule has 2 rings (SSSR count). The van der Waals surface area contributed by atoms with E-state index in [4.69, 9.17) is 5.73 Å². The van der Waals surface area contributed by atoms with Gasteiger partial charge in [0.2, 0.25) is 0 Å². The van der Waals surface area contributed by atoms with Crippen LogP contribution in [0.5, 0.6) is 0 Å². The average molecular weight is 239 g/mol. The summed E-state index contributed by atoms with van der Waals surface area (Å²) in [7, 11) is 2.22. The van der Waals surface area contributed by atoms with E-state index in [1.54, 1.807) is 0 Å². The lowest BCUT2D eigenvalue weighted by molar-refractivity contribution is 0.0608. The highest BCUT2D eigenvalue weighted by molar-refractivity contribution is 4.89. The van der Waals surface area contributed by atoms with Crippen LogP contribution in [0.3, 0.4) is 0 Å². The van der Waals surface area contributed by atoms with Crippen molar-refractivity contribution in [3.05, 3.63) is 0 Å². The molecule has 17 heavy (non-hydrogen) atoms. The number of nitrogens with two attached hydrogens (primary N) is 1. The Morgan fingerprint density at radius 2 is 1.94 bits per heavy atom. The van der Waals surface area contributed by atoms with Crippen LogP contribution in [-0.2, 0) is 0 Å². The van der Waals surface area contributed by atoms with E-state index in [2.05, 4.69) is 23.8 Å². The summed E-state index contributed by atoms with van der Waals surface area (Å²) in [5.41, 5.74) is 6.53. The molecule has 2 atom stereocenters. The summed E-state index contributed by atoms with van der Waals surface area (Å²) in [5, 5.41) is 0. The summed E-state index contributed by atoms with van der Waals surface area (Å²) < 4.78 is 0. The summed E-state index contributed by atoms with van der Waals surface area (Å²) in [6.07, 6.45) is 5.48. The molecule has 0 amide bonds. The second kappa shape index (κ2) is 5.68. The predicted molar refractivity (Wildman–Crippen MR) is 73.1 cm³/mol. The van der Waals surface area contributed by atoms with E-state index < -0.39 is 0 Å². The van der Waals surface area contributed by atoms with Crippen LogP contribution in [-0.4, -0.2) is 56.1 Å². The molecule has 0 bridgehead atoms. The predicted octanol–water partition coefficient (Wildman–Crippen LogP) is 1.39. The van der Waals surface area contributed by atoms with Crippen molar-refractivity contribution in [2.75, 3.05) is 46.3 Å². The molecule has 2 N–H and O–H groups in total. The van der Waals surface area contributed by atoms with Gasteiger partial charge in [0.15, 0.2) is 0 Å². The number of piperazine rings is 1. The fourth-order valence-electron chi connectivity index (χ4n) is 3.64. The average Bonchev–Trinajstić information content (AvgIpc) is 2.32. The van der Waals surface area contributed by atoms with Crippen molar-refractivity contribution in [3.63, 3.8) is 0 Å². The molecule has 1 aliphatic carbocycles. The summed E-state index contributed by atoms with van der Waals surface area (Å²) in [6, 6.07) is 0. The van der Waals surface area contributed by atoms with Gasteiger partial charge in [-0.15, -0.1) is 0 Å². The highest BCUT2D eigenvalue weighted by Gasteiger charge is 2.35. The molecule has 100 valence electrons. The van der Waals surface area contributed by atoms with Gasteiger partial charge in [-0.1, -0.05) is 19.8 Å². The minimum Gasteiger partial charge on any atom is -0.330 e. The normalized spacial score (nSPS) is 37.2. The fraction of sp³-hybridized carbons (Fsp3) is 1.00. The molecule has 0 aromatic heterocycles. The Kier molecular flexibility index (Phi) is 4.45. The van der Waals surface area contributed by atoms with Gasteiger partial charge >= 0.3 is 0 Å². The second-order valence-electron chi connectivity index (χ2n) is 6.49. The van der Waals surface area contributed by atoms with Gasteiger partial charge in [0, 0.05) is 32.7 Å². The molecule has 3 heteroatoms. The molecule has 0 spiro atoms. The first-order chi connectivity index (χ1) is 8.13. The number of rotatable bonds is 3. The number of hydrogen-bond acceptors (Lipinski definition) is 3. The van der Waals surface area contributed by atoms with Crippen molar-refractivity contribution in [2.45, 2.75) is 32.6 Å². The SMILES string of the molecule is CC1CCCC(CN)(CN2CCN(C)CC2)C1. The Bertz CT molecular complexity index is 236. The van der Waals surface area contributed by atoms with E-state index in [1.165, 1.54) is 58.4 Å². The molecule has 1 saturated carbocycles. The number of hydrogen-bond donors (Lipinski definition) is 1. The Balaban J connectivity index is 1.90. The lowest BCUT2D eigenvalue weighted by atomic mass is 9.69. The largest absolute Gasteiger partial charge is 0.330 e. The molecular formula is C14H29N3. The summed E-state index contributed by atoms with van der Waals surface area (Å²) in [6.45, 7) is 9.41. The maximum atomic E-state index is 6.11. The van der Waals surface area contributed by atoms with E-state index in [0.717, 1.165) is 12.5 Å². The molecular weight excluding hydrogens is 210 g/mol. The van der Waals surface area contributed by atoms with E-state index in [-0.39, 0.29) is 0 Å². The van der Waals surface area contributed by atoms with E-state index in [1.807, 2.05) is 0 Å². The summed E-state index contributed by atoms with van der Waals surface area (Å²) >= 11 is 0. The van der Waals surface area contributed by atoms with Gasteiger partial charge in [0.05, 0.1) is 0 Å². The Morgan fingerprint density at radius 3 is 2.53 bits per heavy atom. The van der Waals surface area contributed by atoms with Gasteiger partial charge in [-0.25, -0.2) is 0 Å². The second-order valence-corrected chi connectivity index (χ2v) is 6.49. The zero-order valence-electron chi connectivity index (χ0n) is 11.6. The van der Waals surface area contributed by atoms with Crippen LogP contribution in [0, 0.1) is 11.3 Å². The topological polar surface area (TPSA) is 32.5 Å². The third kappa shape index (κ3) is 3.43. The van der Waals surface area contributed by atoms with Crippen LogP contribution in [0.1, 0.15) is 32.6 Å². The van der Waals surface area contributed by atoms with Gasteiger partial charge in [-0.3, -0.25) is 0 Å².